The summed E-state index contributed by atoms with van der Waals surface area (Å²) in [5.74, 6) is 0. The van der Waals surface area contributed by atoms with Gasteiger partial charge in [0, 0.05) is 19.7 Å². The molecule has 1 aliphatic rings. The molecule has 0 aliphatic carbocycles. The third-order valence-corrected chi connectivity index (χ3v) is 3.85. The van der Waals surface area contributed by atoms with Crippen molar-refractivity contribution in [3.05, 3.63) is 32.6 Å². The van der Waals surface area contributed by atoms with E-state index in [4.69, 9.17) is 10.8 Å². The van der Waals surface area contributed by atoms with Gasteiger partial charge in [0.05, 0.1) is 12.7 Å². The molecule has 0 aromatic carbocycles. The Morgan fingerprint density at radius 2 is 2.22 bits per heavy atom. The van der Waals surface area contributed by atoms with Gasteiger partial charge < -0.3 is 19.5 Å². The maximum absolute atomic E-state index is 12.1. The number of aryl methyl sites for hydroxylation is 1. The van der Waals surface area contributed by atoms with E-state index in [0.717, 1.165) is 0 Å². The molecule has 1 aromatic heterocycles. The molecule has 0 amide bonds. The second-order valence-electron chi connectivity index (χ2n) is 5.93. The number of H-pyrrole nitrogens is 1. The van der Waals surface area contributed by atoms with Crippen molar-refractivity contribution in [2.45, 2.75) is 44.8 Å². The number of hydrogen-bond donors (Lipinski definition) is 2. The summed E-state index contributed by atoms with van der Waals surface area (Å²) >= 11 is 0. The van der Waals surface area contributed by atoms with Gasteiger partial charge in [0.2, 0.25) is 0 Å². The van der Waals surface area contributed by atoms with Crippen molar-refractivity contribution in [1.29, 1.82) is 0 Å². The van der Waals surface area contributed by atoms with E-state index in [2.05, 4.69) is 4.98 Å². The number of rotatable bonds is 6. The van der Waals surface area contributed by atoms with Crippen molar-refractivity contribution in [2.24, 2.45) is 0 Å². The van der Waals surface area contributed by atoms with E-state index in [0.29, 0.717) is 18.7 Å². The van der Waals surface area contributed by atoms with Crippen LogP contribution in [0.15, 0.2) is 15.8 Å². The largest absolute Gasteiger partial charge is 0.388 e. The van der Waals surface area contributed by atoms with E-state index in [1.807, 2.05) is 19.0 Å². The lowest BCUT2D eigenvalue weighted by Gasteiger charge is -2.23. The molecule has 1 aliphatic heterocycles. The van der Waals surface area contributed by atoms with Crippen LogP contribution in [0.25, 0.3) is 0 Å². The molecule has 2 rings (SSSR count). The van der Waals surface area contributed by atoms with Gasteiger partial charge in [-0.1, -0.05) is 6.92 Å². The van der Waals surface area contributed by atoms with Gasteiger partial charge in [-0.3, -0.25) is 14.3 Å². The lowest BCUT2D eigenvalue weighted by molar-refractivity contribution is -0.0727. The molecular formula is C15H25N3O5. The second kappa shape index (κ2) is 7.39. The summed E-state index contributed by atoms with van der Waals surface area (Å²) in [6.07, 6.45) is -2.82. The van der Waals surface area contributed by atoms with Crippen molar-refractivity contribution in [3.8, 4) is 0 Å². The zero-order valence-electron chi connectivity index (χ0n) is 14.9. The van der Waals surface area contributed by atoms with Gasteiger partial charge in [-0.15, -0.1) is 0 Å². The molecule has 1 fully saturated rings. The molecule has 23 heavy (non-hydrogen) atoms. The number of likely N-dealkylation sites (N-methyl/N-ethyl adjacent to an activating group) is 1. The summed E-state index contributed by atoms with van der Waals surface area (Å²) in [6, 6.07) is 0. The van der Waals surface area contributed by atoms with E-state index in [-0.39, 0.29) is 0 Å². The Kier molecular flexibility index (Phi) is 5.27. The van der Waals surface area contributed by atoms with Crippen LogP contribution >= 0.6 is 0 Å². The monoisotopic (exact) mass is 328 g/mol. The van der Waals surface area contributed by atoms with Crippen molar-refractivity contribution >= 4 is 0 Å². The fourth-order valence-corrected chi connectivity index (χ4v) is 2.50. The number of aromatic amines is 1. The normalized spacial score (nSPS) is 29.7. The fraction of sp³-hybridized carbons (Fsp3) is 0.733. The number of nitrogens with zero attached hydrogens (tertiary/aromatic N) is 2. The standard InChI is InChI=1S/C15H25N3O5/c1-5-10-11(19)12(22-7-6-17(3)4)14(23-10)18-8-9(2)13(20)16-15(18)21/h8,10-12,14,19H,5-7H2,1-4H3,(H,16,20,21)/t10-,11?,12?,14-/m1/s1/i5D/t5-,10+,11?,12?,14+/m0. The molecule has 2 N–H and O–H groups in total. The Labute approximate surface area is 136 Å². The van der Waals surface area contributed by atoms with Crippen molar-refractivity contribution in [1.82, 2.24) is 14.5 Å². The Morgan fingerprint density at radius 1 is 1.52 bits per heavy atom. The number of aliphatic hydroxyl groups is 1. The van der Waals surface area contributed by atoms with Gasteiger partial charge in [0.25, 0.3) is 5.56 Å². The average Bonchev–Trinajstić information content (AvgIpc) is 2.80. The van der Waals surface area contributed by atoms with E-state index >= 15 is 0 Å². The highest BCUT2D eigenvalue weighted by molar-refractivity contribution is 5.03. The lowest BCUT2D eigenvalue weighted by atomic mass is 10.1. The molecule has 8 nitrogen and oxygen atoms in total. The third-order valence-electron chi connectivity index (χ3n) is 3.85. The number of ether oxygens (including phenoxy) is 2. The Morgan fingerprint density at radius 3 is 2.83 bits per heavy atom. The van der Waals surface area contributed by atoms with Crippen molar-refractivity contribution in [2.75, 3.05) is 27.2 Å². The minimum atomic E-state index is -1.04. The average molecular weight is 328 g/mol. The van der Waals surface area contributed by atoms with Crippen LogP contribution in [-0.2, 0) is 9.47 Å². The number of aliphatic hydroxyl groups excluding tert-OH is 1. The molecule has 8 heteroatoms. The molecule has 130 valence electrons. The maximum atomic E-state index is 12.1. The summed E-state index contributed by atoms with van der Waals surface area (Å²) in [4.78, 5) is 27.8. The highest BCUT2D eigenvalue weighted by Gasteiger charge is 2.45. The predicted molar refractivity (Wildman–Crippen MR) is 84.6 cm³/mol. The zero-order chi connectivity index (χ0) is 18.0. The van der Waals surface area contributed by atoms with E-state index in [1.54, 1.807) is 13.8 Å². The first kappa shape index (κ1) is 16.4. The van der Waals surface area contributed by atoms with Crippen LogP contribution in [0.5, 0.6) is 0 Å². The van der Waals surface area contributed by atoms with Crippen molar-refractivity contribution in [3.63, 3.8) is 0 Å². The fourth-order valence-electron chi connectivity index (χ4n) is 2.50. The van der Waals surface area contributed by atoms with Gasteiger partial charge in [-0.2, -0.15) is 0 Å². The van der Waals surface area contributed by atoms with Gasteiger partial charge in [-0.05, 0) is 27.4 Å². The van der Waals surface area contributed by atoms with Gasteiger partial charge in [0.15, 0.2) is 6.23 Å². The van der Waals surface area contributed by atoms with Gasteiger partial charge >= 0.3 is 5.69 Å². The summed E-state index contributed by atoms with van der Waals surface area (Å²) < 4.78 is 20.5. The summed E-state index contributed by atoms with van der Waals surface area (Å²) in [5.41, 5.74) is -0.755. The summed E-state index contributed by atoms with van der Waals surface area (Å²) in [7, 11) is 3.79. The molecule has 2 unspecified atom stereocenters. The number of aromatic nitrogens is 2. The van der Waals surface area contributed by atoms with Crippen LogP contribution in [0, 0.1) is 6.92 Å². The quantitative estimate of drug-likeness (QED) is 0.728. The predicted octanol–water partition coefficient (Wildman–Crippen LogP) is -0.540. The van der Waals surface area contributed by atoms with Gasteiger partial charge in [0.1, 0.15) is 12.2 Å². The van der Waals surface area contributed by atoms with E-state index < -0.39 is 42.2 Å². The maximum Gasteiger partial charge on any atom is 0.330 e. The third kappa shape index (κ3) is 3.89. The minimum Gasteiger partial charge on any atom is -0.388 e. The second-order valence-corrected chi connectivity index (χ2v) is 5.93. The SMILES string of the molecule is [2H][C@@H](C)[C@H]1O[C@@H](n2cc(C)c(=O)[nH]c2=O)C(OCCN(C)C)C1O. The lowest BCUT2D eigenvalue weighted by Crippen LogP contribution is -2.40. The first-order chi connectivity index (χ1) is 11.2. The highest BCUT2D eigenvalue weighted by Crippen LogP contribution is 2.32. The Hall–Kier alpha value is -1.48. The first-order valence-corrected chi connectivity index (χ1v) is 7.56. The number of nitrogens with one attached hydrogen (secondary N) is 1. The molecule has 1 aromatic rings. The van der Waals surface area contributed by atoms with E-state index in [9.17, 15) is 14.7 Å². The Balaban J connectivity index is 2.31. The van der Waals surface area contributed by atoms with Crippen LogP contribution in [0.4, 0.5) is 0 Å². The van der Waals surface area contributed by atoms with E-state index in [1.165, 1.54) is 10.8 Å². The number of hydrogen-bond acceptors (Lipinski definition) is 6. The molecule has 0 saturated carbocycles. The van der Waals surface area contributed by atoms with Crippen LogP contribution in [0.3, 0.4) is 0 Å². The van der Waals surface area contributed by atoms with Crippen LogP contribution in [0.2, 0.25) is 0 Å². The van der Waals surface area contributed by atoms with Crippen LogP contribution in [0.1, 0.15) is 26.5 Å². The molecule has 0 spiro atoms. The van der Waals surface area contributed by atoms with Gasteiger partial charge in [-0.25, -0.2) is 4.79 Å². The summed E-state index contributed by atoms with van der Waals surface area (Å²) in [5, 5.41) is 10.5. The molecule has 0 bridgehead atoms. The Bertz CT molecular complexity index is 672. The molecule has 0 radical (unpaired) electrons. The smallest absolute Gasteiger partial charge is 0.330 e. The summed E-state index contributed by atoms with van der Waals surface area (Å²) in [6.45, 7) is 4.15. The highest BCUT2D eigenvalue weighted by atomic mass is 16.6. The molecule has 5 atom stereocenters. The molecule has 2 heterocycles. The minimum absolute atomic E-state index is 0.338. The molecular weight excluding hydrogens is 302 g/mol. The topological polar surface area (TPSA) is 96.8 Å². The molecule has 1 saturated heterocycles. The zero-order valence-corrected chi connectivity index (χ0v) is 13.9. The van der Waals surface area contributed by atoms with Crippen molar-refractivity contribution < 1.29 is 16.0 Å². The first-order valence-electron chi connectivity index (χ1n) is 8.14. The van der Waals surface area contributed by atoms with Crippen LogP contribution in [-0.4, -0.2) is 65.1 Å². The van der Waals surface area contributed by atoms with Crippen LogP contribution < -0.4 is 11.2 Å².